The van der Waals surface area contributed by atoms with Gasteiger partial charge in [-0.2, -0.15) is 0 Å². The summed E-state index contributed by atoms with van der Waals surface area (Å²) >= 11 is 1.58. The molecule has 0 N–H and O–H groups in total. The first kappa shape index (κ1) is 12.1. The lowest BCUT2D eigenvalue weighted by Crippen LogP contribution is -1.80. The summed E-state index contributed by atoms with van der Waals surface area (Å²) in [6.07, 6.45) is 0. The minimum absolute atomic E-state index is 0.434. The Morgan fingerprint density at radius 1 is 0.647 bits per heavy atom. The molecular formula is C14H12F2S. The van der Waals surface area contributed by atoms with Gasteiger partial charge < -0.3 is 0 Å². The van der Waals surface area contributed by atoms with Crippen LogP contribution in [0.1, 0.15) is 11.1 Å². The molecule has 0 unspecified atom stereocenters. The van der Waals surface area contributed by atoms with Crippen molar-refractivity contribution in [1.82, 2.24) is 0 Å². The Kier molecular flexibility index (Phi) is 4.15. The molecule has 3 heteroatoms. The van der Waals surface area contributed by atoms with Crippen LogP contribution in [0, 0.1) is 0 Å². The highest BCUT2D eigenvalue weighted by molar-refractivity contribution is 7.99. The Bertz CT molecular complexity index is 417. The second kappa shape index (κ2) is 5.82. The van der Waals surface area contributed by atoms with Crippen LogP contribution in [-0.2, 0) is 13.3 Å². The Hall–Kier alpha value is -1.35. The molecule has 0 aliphatic rings. The minimum atomic E-state index is -0.434. The van der Waals surface area contributed by atoms with Crippen molar-refractivity contribution >= 4 is 11.8 Å². The van der Waals surface area contributed by atoms with Gasteiger partial charge in [-0.3, -0.25) is 0 Å². The van der Waals surface area contributed by atoms with Gasteiger partial charge in [0.25, 0.3) is 0 Å². The number of benzene rings is 2. The number of rotatable bonds is 4. The van der Waals surface area contributed by atoms with Crippen molar-refractivity contribution in [1.29, 1.82) is 0 Å². The molecule has 0 aliphatic heterocycles. The molecule has 0 spiro atoms. The van der Waals surface area contributed by atoms with Crippen molar-refractivity contribution in [2.75, 3.05) is 0 Å². The van der Waals surface area contributed by atoms with E-state index in [1.807, 2.05) is 24.3 Å². The summed E-state index contributed by atoms with van der Waals surface area (Å²) in [7, 11) is 0. The maximum Gasteiger partial charge on any atom is 0.115 e. The summed E-state index contributed by atoms with van der Waals surface area (Å²) in [6.45, 7) is -0.869. The highest BCUT2D eigenvalue weighted by Crippen LogP contribution is 2.28. The molecule has 0 bridgehead atoms. The summed E-state index contributed by atoms with van der Waals surface area (Å²) in [5, 5.41) is 0. The lowest BCUT2D eigenvalue weighted by molar-refractivity contribution is 0.485. The normalized spacial score (nSPS) is 10.5. The fourth-order valence-electron chi connectivity index (χ4n) is 1.43. The van der Waals surface area contributed by atoms with Crippen LogP contribution in [0.5, 0.6) is 0 Å². The van der Waals surface area contributed by atoms with E-state index in [-0.39, 0.29) is 0 Å². The molecule has 0 heterocycles. The third-order valence-corrected chi connectivity index (χ3v) is 3.41. The van der Waals surface area contributed by atoms with Crippen LogP contribution in [0.2, 0.25) is 0 Å². The summed E-state index contributed by atoms with van der Waals surface area (Å²) < 4.78 is 24.7. The van der Waals surface area contributed by atoms with Crippen molar-refractivity contribution in [2.24, 2.45) is 0 Å². The van der Waals surface area contributed by atoms with Gasteiger partial charge >= 0.3 is 0 Å². The fraction of sp³-hybridized carbons (Fsp3) is 0.143. The summed E-state index contributed by atoms with van der Waals surface area (Å²) in [5.74, 6) is 0. The molecule has 2 aromatic carbocycles. The zero-order chi connectivity index (χ0) is 12.1. The maximum absolute atomic E-state index is 12.3. The number of hydrogen-bond acceptors (Lipinski definition) is 1. The van der Waals surface area contributed by atoms with Crippen molar-refractivity contribution < 1.29 is 8.78 Å². The zero-order valence-electron chi connectivity index (χ0n) is 9.20. The number of alkyl halides is 2. The summed E-state index contributed by atoms with van der Waals surface area (Å²) in [6, 6.07) is 14.7. The van der Waals surface area contributed by atoms with Crippen molar-refractivity contribution in [3.05, 3.63) is 59.7 Å². The van der Waals surface area contributed by atoms with Gasteiger partial charge in [0.15, 0.2) is 0 Å². The SMILES string of the molecule is FCc1ccc(Sc2ccc(CF)cc2)cc1. The van der Waals surface area contributed by atoms with E-state index in [0.29, 0.717) is 11.1 Å². The van der Waals surface area contributed by atoms with Gasteiger partial charge in [-0.25, -0.2) is 8.78 Å². The average Bonchev–Trinajstić information content (AvgIpc) is 2.40. The fourth-order valence-corrected chi connectivity index (χ4v) is 2.25. The second-order valence-corrected chi connectivity index (χ2v) is 4.80. The molecule has 2 rings (SSSR count). The third kappa shape index (κ3) is 3.30. The van der Waals surface area contributed by atoms with Gasteiger partial charge in [0.1, 0.15) is 13.3 Å². The first-order valence-corrected chi connectivity index (χ1v) is 6.11. The van der Waals surface area contributed by atoms with E-state index in [1.54, 1.807) is 36.0 Å². The summed E-state index contributed by atoms with van der Waals surface area (Å²) in [5.41, 5.74) is 1.37. The van der Waals surface area contributed by atoms with Gasteiger partial charge in [0, 0.05) is 9.79 Å². The van der Waals surface area contributed by atoms with Crippen molar-refractivity contribution in [2.45, 2.75) is 23.1 Å². The van der Waals surface area contributed by atoms with E-state index in [2.05, 4.69) is 0 Å². The molecule has 0 saturated heterocycles. The van der Waals surface area contributed by atoms with Gasteiger partial charge in [-0.1, -0.05) is 36.0 Å². The van der Waals surface area contributed by atoms with Gasteiger partial charge in [-0.05, 0) is 35.4 Å². The van der Waals surface area contributed by atoms with E-state index in [9.17, 15) is 8.78 Å². The molecule has 0 aromatic heterocycles. The van der Waals surface area contributed by atoms with Gasteiger partial charge in [0.05, 0.1) is 0 Å². The zero-order valence-corrected chi connectivity index (χ0v) is 10.0. The van der Waals surface area contributed by atoms with Crippen LogP contribution in [0.3, 0.4) is 0 Å². The Morgan fingerprint density at radius 2 is 1.00 bits per heavy atom. The predicted octanol–water partition coefficient (Wildman–Crippen LogP) is 4.78. The molecule has 0 atom stereocenters. The van der Waals surface area contributed by atoms with Crippen LogP contribution >= 0.6 is 11.8 Å². The standard InChI is InChI=1S/C14H12F2S/c15-9-11-1-5-13(6-2-11)17-14-7-3-12(10-16)4-8-14/h1-8H,9-10H2. The number of halogens is 2. The highest BCUT2D eigenvalue weighted by Gasteiger charge is 1.98. The van der Waals surface area contributed by atoms with Crippen LogP contribution in [0.4, 0.5) is 8.78 Å². The monoisotopic (exact) mass is 250 g/mol. The molecule has 0 saturated carbocycles. The van der Waals surface area contributed by atoms with Crippen molar-refractivity contribution in [3.8, 4) is 0 Å². The topological polar surface area (TPSA) is 0 Å². The molecule has 0 fully saturated rings. The highest BCUT2D eigenvalue weighted by atomic mass is 32.2. The van der Waals surface area contributed by atoms with E-state index < -0.39 is 13.3 Å². The Balaban J connectivity index is 2.08. The first-order valence-electron chi connectivity index (χ1n) is 5.29. The molecule has 0 aliphatic carbocycles. The first-order chi connectivity index (χ1) is 8.31. The molecule has 17 heavy (non-hydrogen) atoms. The average molecular weight is 250 g/mol. The van der Waals surface area contributed by atoms with Crippen LogP contribution < -0.4 is 0 Å². The molecule has 0 radical (unpaired) electrons. The van der Waals surface area contributed by atoms with Crippen molar-refractivity contribution in [3.63, 3.8) is 0 Å². The van der Waals surface area contributed by atoms with E-state index >= 15 is 0 Å². The maximum atomic E-state index is 12.3. The van der Waals surface area contributed by atoms with Crippen LogP contribution in [0.25, 0.3) is 0 Å². The Morgan fingerprint density at radius 3 is 1.29 bits per heavy atom. The molecular weight excluding hydrogens is 238 g/mol. The third-order valence-electron chi connectivity index (χ3n) is 2.39. The quantitative estimate of drug-likeness (QED) is 0.752. The second-order valence-electron chi connectivity index (χ2n) is 3.66. The van der Waals surface area contributed by atoms with E-state index in [1.165, 1.54) is 0 Å². The lowest BCUT2D eigenvalue weighted by atomic mass is 10.2. The largest absolute Gasteiger partial charge is 0.246 e. The van der Waals surface area contributed by atoms with E-state index in [0.717, 1.165) is 9.79 Å². The molecule has 0 amide bonds. The summed E-state index contributed by atoms with van der Waals surface area (Å²) in [4.78, 5) is 2.10. The van der Waals surface area contributed by atoms with E-state index in [4.69, 9.17) is 0 Å². The predicted molar refractivity (Wildman–Crippen MR) is 66.6 cm³/mol. The molecule has 2 aromatic rings. The minimum Gasteiger partial charge on any atom is -0.246 e. The molecule has 88 valence electrons. The van der Waals surface area contributed by atoms with Crippen LogP contribution in [0.15, 0.2) is 58.3 Å². The smallest absolute Gasteiger partial charge is 0.115 e. The van der Waals surface area contributed by atoms with Gasteiger partial charge in [-0.15, -0.1) is 0 Å². The van der Waals surface area contributed by atoms with Crippen LogP contribution in [-0.4, -0.2) is 0 Å². The molecule has 0 nitrogen and oxygen atoms in total. The number of hydrogen-bond donors (Lipinski definition) is 0. The van der Waals surface area contributed by atoms with Gasteiger partial charge in [0.2, 0.25) is 0 Å². The Labute approximate surface area is 104 Å². The lowest BCUT2D eigenvalue weighted by Gasteiger charge is -2.03.